The van der Waals surface area contributed by atoms with Crippen molar-refractivity contribution in [1.82, 2.24) is 4.90 Å². The Balaban J connectivity index is 0.000000837. The summed E-state index contributed by atoms with van der Waals surface area (Å²) in [5.74, 6) is -0.934. The summed E-state index contributed by atoms with van der Waals surface area (Å²) in [4.78, 5) is 14.3. The molecule has 0 atom stereocenters. The Morgan fingerprint density at radius 2 is 1.56 bits per heavy atom. The minimum Gasteiger partial charge on any atom is -0.323 e. The molecule has 0 spiro atoms. The van der Waals surface area contributed by atoms with Crippen LogP contribution in [0.15, 0.2) is 36.4 Å². The van der Waals surface area contributed by atoms with Crippen molar-refractivity contribution in [1.29, 1.82) is 0 Å². The molecule has 1 fully saturated rings. The van der Waals surface area contributed by atoms with Gasteiger partial charge >= 0.3 is 0 Å². The summed E-state index contributed by atoms with van der Waals surface area (Å²) in [6.45, 7) is 14.7. The molecule has 1 amide bonds. The van der Waals surface area contributed by atoms with E-state index < -0.39 is 11.6 Å². The highest BCUT2D eigenvalue weighted by molar-refractivity contribution is 5.92. The van der Waals surface area contributed by atoms with Crippen molar-refractivity contribution in [3.8, 4) is 0 Å². The van der Waals surface area contributed by atoms with Crippen molar-refractivity contribution >= 4 is 11.6 Å². The molecule has 0 unspecified atom stereocenters. The highest BCUT2D eigenvalue weighted by Crippen LogP contribution is 2.33. The van der Waals surface area contributed by atoms with Gasteiger partial charge in [-0.2, -0.15) is 0 Å². The lowest BCUT2D eigenvalue weighted by Gasteiger charge is -2.32. The van der Waals surface area contributed by atoms with E-state index in [1.807, 2.05) is 0 Å². The zero-order valence-electron chi connectivity index (χ0n) is 20.3. The standard InChI is InChI=1S/C23H28F2N2O.C4H10/c1-15(2)23(28)26-22-12-19(20(24)13-21(22)25)18-8-10-27(11-9-18)14-17-6-4-16(3)5-7-17;1-4(2)3/h4-7,12-13,15,18H,8-11,14H2,1-3H3,(H,26,28);4H,1-3H3. The second kappa shape index (κ2) is 12.1. The van der Waals surface area contributed by atoms with Crippen molar-refractivity contribution in [2.75, 3.05) is 18.4 Å². The molecule has 0 radical (unpaired) electrons. The smallest absolute Gasteiger partial charge is 0.227 e. The molecule has 176 valence electrons. The molecule has 1 heterocycles. The topological polar surface area (TPSA) is 32.3 Å². The predicted octanol–water partition coefficient (Wildman–Crippen LogP) is 6.91. The zero-order chi connectivity index (χ0) is 23.8. The molecule has 3 rings (SSSR count). The number of nitrogens with zero attached hydrogens (tertiary/aromatic N) is 1. The molecule has 0 bridgehead atoms. The van der Waals surface area contributed by atoms with Crippen molar-refractivity contribution in [3.05, 3.63) is 64.7 Å². The number of likely N-dealkylation sites (tertiary alicyclic amines) is 1. The van der Waals surface area contributed by atoms with Crippen LogP contribution in [0.25, 0.3) is 0 Å². The fourth-order valence-electron chi connectivity index (χ4n) is 3.61. The van der Waals surface area contributed by atoms with E-state index in [9.17, 15) is 13.6 Å². The number of halogens is 2. The van der Waals surface area contributed by atoms with Crippen LogP contribution in [-0.4, -0.2) is 23.9 Å². The highest BCUT2D eigenvalue weighted by atomic mass is 19.1. The quantitative estimate of drug-likeness (QED) is 0.543. The molecule has 3 nitrogen and oxygen atoms in total. The van der Waals surface area contributed by atoms with Crippen LogP contribution in [0.2, 0.25) is 0 Å². The second-order valence-electron chi connectivity index (χ2n) is 9.77. The largest absolute Gasteiger partial charge is 0.323 e. The molecule has 32 heavy (non-hydrogen) atoms. The van der Waals surface area contributed by atoms with Gasteiger partial charge in [-0.15, -0.1) is 0 Å². The van der Waals surface area contributed by atoms with Gasteiger partial charge in [0.05, 0.1) is 5.69 Å². The van der Waals surface area contributed by atoms with Crippen LogP contribution < -0.4 is 5.32 Å². The lowest BCUT2D eigenvalue weighted by Crippen LogP contribution is -2.32. The van der Waals surface area contributed by atoms with Gasteiger partial charge in [-0.3, -0.25) is 9.69 Å². The van der Waals surface area contributed by atoms with Gasteiger partial charge in [0, 0.05) is 18.5 Å². The van der Waals surface area contributed by atoms with Crippen molar-refractivity contribution < 1.29 is 13.6 Å². The average Bonchev–Trinajstić information content (AvgIpc) is 2.72. The molecule has 1 aliphatic rings. The Bertz CT molecular complexity index is 867. The molecule has 2 aromatic carbocycles. The first kappa shape index (κ1) is 26.0. The molecule has 0 saturated carbocycles. The van der Waals surface area contributed by atoms with E-state index in [-0.39, 0.29) is 23.4 Å². The van der Waals surface area contributed by atoms with Gasteiger partial charge < -0.3 is 5.32 Å². The van der Waals surface area contributed by atoms with Gasteiger partial charge in [0.25, 0.3) is 0 Å². The van der Waals surface area contributed by atoms with Crippen molar-refractivity contribution in [2.45, 2.75) is 66.8 Å². The lowest BCUT2D eigenvalue weighted by atomic mass is 9.88. The lowest BCUT2D eigenvalue weighted by molar-refractivity contribution is -0.118. The number of anilines is 1. The summed E-state index contributed by atoms with van der Waals surface area (Å²) in [5, 5.41) is 2.57. The Kier molecular flexibility index (Phi) is 9.83. The number of rotatable bonds is 5. The molecule has 1 N–H and O–H groups in total. The third-order valence-corrected chi connectivity index (χ3v) is 5.42. The Morgan fingerprint density at radius 3 is 2.09 bits per heavy atom. The fraction of sp³-hybridized carbons (Fsp3) is 0.519. The Hall–Kier alpha value is -2.27. The summed E-state index contributed by atoms with van der Waals surface area (Å²) in [6, 6.07) is 10.9. The van der Waals surface area contributed by atoms with E-state index >= 15 is 0 Å². The van der Waals surface area contributed by atoms with Gasteiger partial charge in [-0.05, 0) is 61.9 Å². The number of piperidine rings is 1. The van der Waals surface area contributed by atoms with Crippen molar-refractivity contribution in [2.24, 2.45) is 11.8 Å². The van der Waals surface area contributed by atoms with Crippen LogP contribution in [0.3, 0.4) is 0 Å². The molecule has 1 aliphatic heterocycles. The number of carbonyl (C=O) groups is 1. The van der Waals surface area contributed by atoms with E-state index in [1.54, 1.807) is 13.8 Å². The van der Waals surface area contributed by atoms with E-state index in [0.717, 1.165) is 44.5 Å². The minimum absolute atomic E-state index is 0.0320. The van der Waals surface area contributed by atoms with Gasteiger partial charge in [-0.25, -0.2) is 8.78 Å². The van der Waals surface area contributed by atoms with Crippen LogP contribution in [-0.2, 0) is 11.3 Å². The Morgan fingerprint density at radius 1 is 1.00 bits per heavy atom. The monoisotopic (exact) mass is 444 g/mol. The molecule has 2 aromatic rings. The van der Waals surface area contributed by atoms with E-state index in [0.29, 0.717) is 5.56 Å². The van der Waals surface area contributed by atoms with Crippen LogP contribution >= 0.6 is 0 Å². The SMILES string of the molecule is CC(C)C.Cc1ccc(CN2CCC(c3cc(NC(=O)C(C)C)c(F)cc3F)CC2)cc1. The number of nitrogens with one attached hydrogen (secondary N) is 1. The third-order valence-electron chi connectivity index (χ3n) is 5.42. The van der Waals surface area contributed by atoms with Gasteiger partial charge in [-0.1, -0.05) is 64.4 Å². The van der Waals surface area contributed by atoms with E-state index in [1.165, 1.54) is 17.2 Å². The summed E-state index contributed by atoms with van der Waals surface area (Å²) in [7, 11) is 0. The molecule has 0 aromatic heterocycles. The number of hydrogen-bond donors (Lipinski definition) is 1. The van der Waals surface area contributed by atoms with Crippen LogP contribution in [0.5, 0.6) is 0 Å². The summed E-state index contributed by atoms with van der Waals surface area (Å²) in [5.41, 5.74) is 3.08. The molecule has 1 saturated heterocycles. The highest BCUT2D eigenvalue weighted by Gasteiger charge is 2.25. The van der Waals surface area contributed by atoms with Crippen LogP contribution in [0.4, 0.5) is 14.5 Å². The maximum atomic E-state index is 14.4. The summed E-state index contributed by atoms with van der Waals surface area (Å²) < 4.78 is 28.5. The number of amides is 1. The number of aryl methyl sites for hydroxylation is 1. The van der Waals surface area contributed by atoms with Crippen LogP contribution in [0.1, 0.15) is 70.1 Å². The number of hydrogen-bond acceptors (Lipinski definition) is 2. The normalized spacial score (nSPS) is 14.9. The first-order chi connectivity index (χ1) is 15.1. The van der Waals surface area contributed by atoms with E-state index in [2.05, 4.69) is 62.2 Å². The van der Waals surface area contributed by atoms with Gasteiger partial charge in [0.1, 0.15) is 11.6 Å². The predicted molar refractivity (Wildman–Crippen MR) is 129 cm³/mol. The second-order valence-corrected chi connectivity index (χ2v) is 9.77. The maximum Gasteiger partial charge on any atom is 0.227 e. The van der Waals surface area contributed by atoms with Crippen LogP contribution in [0, 0.1) is 30.4 Å². The minimum atomic E-state index is -0.730. The van der Waals surface area contributed by atoms with Gasteiger partial charge in [0.15, 0.2) is 0 Å². The molecular formula is C27H38F2N2O. The summed E-state index contributed by atoms with van der Waals surface area (Å²) in [6.07, 6.45) is 1.62. The number of benzene rings is 2. The van der Waals surface area contributed by atoms with E-state index in [4.69, 9.17) is 0 Å². The third kappa shape index (κ3) is 8.01. The number of carbonyl (C=O) groups excluding carboxylic acids is 1. The molecule has 5 heteroatoms. The first-order valence-corrected chi connectivity index (χ1v) is 11.6. The molecule has 0 aliphatic carbocycles. The maximum absolute atomic E-state index is 14.4. The van der Waals surface area contributed by atoms with Gasteiger partial charge in [0.2, 0.25) is 5.91 Å². The Labute approximate surface area is 192 Å². The first-order valence-electron chi connectivity index (χ1n) is 11.6. The average molecular weight is 445 g/mol. The fourth-order valence-corrected chi connectivity index (χ4v) is 3.61. The summed E-state index contributed by atoms with van der Waals surface area (Å²) >= 11 is 0. The van der Waals surface area contributed by atoms with Crippen molar-refractivity contribution in [3.63, 3.8) is 0 Å². The zero-order valence-corrected chi connectivity index (χ0v) is 20.3. The molecular weight excluding hydrogens is 406 g/mol.